The molecule has 1 aromatic carbocycles. The molecule has 2 aromatic rings. The first-order chi connectivity index (χ1) is 9.47. The number of thiazole rings is 1. The van der Waals surface area contributed by atoms with Gasteiger partial charge in [0, 0.05) is 11.6 Å². The molecule has 1 aromatic heterocycles. The number of benzene rings is 1. The van der Waals surface area contributed by atoms with E-state index in [9.17, 15) is 22.4 Å². The monoisotopic (exact) mass is 306 g/mol. The van der Waals surface area contributed by atoms with Crippen LogP contribution in [0.1, 0.15) is 10.4 Å². The number of hydrogen-bond donors (Lipinski definition) is 1. The van der Waals surface area contributed by atoms with Gasteiger partial charge in [0.1, 0.15) is 5.56 Å². The number of nitrogens with one attached hydrogen (secondary N) is 1. The van der Waals surface area contributed by atoms with Gasteiger partial charge in [-0.25, -0.2) is 13.8 Å². The number of hydrogen-bond acceptors (Lipinski definition) is 4. The van der Waals surface area contributed by atoms with Crippen molar-refractivity contribution in [2.24, 2.45) is 0 Å². The molecule has 0 fully saturated rings. The Kier molecular flexibility index (Phi) is 3.89. The summed E-state index contributed by atoms with van der Waals surface area (Å²) in [6.07, 6.45) is 1.34. The Labute approximate surface area is 114 Å². The molecule has 2 rings (SSSR count). The molecule has 0 spiro atoms. The van der Waals surface area contributed by atoms with Crippen LogP contribution in [0.5, 0.6) is 5.75 Å². The highest BCUT2D eigenvalue weighted by Crippen LogP contribution is 2.30. The number of anilines is 1. The minimum atomic E-state index is -1.84. The Morgan fingerprint density at radius 2 is 1.80 bits per heavy atom. The molecular weight excluding hydrogens is 300 g/mol. The lowest BCUT2D eigenvalue weighted by Crippen LogP contribution is -2.18. The van der Waals surface area contributed by atoms with Crippen molar-refractivity contribution in [2.75, 3.05) is 12.4 Å². The molecular formula is C11H6F4N2O2S. The predicted molar refractivity (Wildman–Crippen MR) is 62.9 cm³/mol. The Hall–Kier alpha value is -2.16. The van der Waals surface area contributed by atoms with Crippen LogP contribution in [0.3, 0.4) is 0 Å². The molecule has 0 aliphatic carbocycles. The van der Waals surface area contributed by atoms with E-state index in [1.807, 2.05) is 5.32 Å². The van der Waals surface area contributed by atoms with Crippen molar-refractivity contribution in [3.63, 3.8) is 0 Å². The van der Waals surface area contributed by atoms with Crippen molar-refractivity contribution < 1.29 is 27.1 Å². The van der Waals surface area contributed by atoms with Gasteiger partial charge in [0.05, 0.1) is 7.11 Å². The number of ether oxygens (including phenoxy) is 1. The molecule has 0 radical (unpaired) electrons. The van der Waals surface area contributed by atoms with Crippen LogP contribution in [0, 0.1) is 23.3 Å². The Balaban J connectivity index is 2.49. The second kappa shape index (κ2) is 5.45. The summed E-state index contributed by atoms with van der Waals surface area (Å²) in [5.74, 6) is -9.82. The number of carbonyl (C=O) groups is 1. The summed E-state index contributed by atoms with van der Waals surface area (Å²) >= 11 is 0.974. The second-order valence-corrected chi connectivity index (χ2v) is 4.35. The standard InChI is InChI=1S/C11H6F4N2O2S/c1-19-9-7(14)5(12)4(6(13)8(9)15)10(18)17-11-16-2-3-20-11/h2-3H,1H3,(H,16,17,18). The smallest absolute Gasteiger partial charge is 0.263 e. The van der Waals surface area contributed by atoms with E-state index in [2.05, 4.69) is 9.72 Å². The van der Waals surface area contributed by atoms with E-state index in [0.29, 0.717) is 0 Å². The fourth-order valence-electron chi connectivity index (χ4n) is 1.43. The van der Waals surface area contributed by atoms with Gasteiger partial charge in [0.15, 0.2) is 22.5 Å². The van der Waals surface area contributed by atoms with E-state index in [-0.39, 0.29) is 5.13 Å². The number of amides is 1. The maximum absolute atomic E-state index is 13.6. The largest absolute Gasteiger partial charge is 0.491 e. The lowest BCUT2D eigenvalue weighted by molar-refractivity contribution is 0.101. The van der Waals surface area contributed by atoms with E-state index in [1.54, 1.807) is 0 Å². The van der Waals surface area contributed by atoms with Crippen LogP contribution in [-0.4, -0.2) is 18.0 Å². The van der Waals surface area contributed by atoms with E-state index in [1.165, 1.54) is 11.6 Å². The van der Waals surface area contributed by atoms with Gasteiger partial charge in [-0.15, -0.1) is 11.3 Å². The zero-order valence-corrected chi connectivity index (χ0v) is 10.7. The van der Waals surface area contributed by atoms with Gasteiger partial charge in [0.25, 0.3) is 5.91 Å². The van der Waals surface area contributed by atoms with Crippen LogP contribution >= 0.6 is 11.3 Å². The molecule has 1 amide bonds. The molecule has 20 heavy (non-hydrogen) atoms. The Morgan fingerprint density at radius 1 is 1.20 bits per heavy atom. The molecule has 1 N–H and O–H groups in total. The summed E-state index contributed by atoms with van der Waals surface area (Å²) in [5.41, 5.74) is -1.38. The van der Waals surface area contributed by atoms with Gasteiger partial charge < -0.3 is 4.74 Å². The molecule has 0 aliphatic rings. The normalized spacial score (nSPS) is 10.4. The SMILES string of the molecule is COc1c(F)c(F)c(C(=O)Nc2nccs2)c(F)c1F. The van der Waals surface area contributed by atoms with Crippen LogP contribution in [0.4, 0.5) is 22.7 Å². The lowest BCUT2D eigenvalue weighted by Gasteiger charge is -2.10. The van der Waals surface area contributed by atoms with Gasteiger partial charge in [-0.3, -0.25) is 10.1 Å². The molecule has 106 valence electrons. The maximum atomic E-state index is 13.6. The lowest BCUT2D eigenvalue weighted by atomic mass is 10.1. The van der Waals surface area contributed by atoms with Crippen molar-refractivity contribution in [2.45, 2.75) is 0 Å². The summed E-state index contributed by atoms with van der Waals surface area (Å²) in [7, 11) is 0.843. The van der Waals surface area contributed by atoms with Crippen molar-refractivity contribution in [3.8, 4) is 5.75 Å². The fraction of sp³-hybridized carbons (Fsp3) is 0.0909. The van der Waals surface area contributed by atoms with Crippen LogP contribution in [-0.2, 0) is 0 Å². The van der Waals surface area contributed by atoms with E-state index in [4.69, 9.17) is 0 Å². The molecule has 0 unspecified atom stereocenters. The second-order valence-electron chi connectivity index (χ2n) is 3.46. The van der Waals surface area contributed by atoms with E-state index in [0.717, 1.165) is 18.4 Å². The van der Waals surface area contributed by atoms with E-state index < -0.39 is 40.5 Å². The molecule has 0 bridgehead atoms. The third-order valence-corrected chi connectivity index (χ3v) is 3.00. The van der Waals surface area contributed by atoms with Crippen LogP contribution < -0.4 is 10.1 Å². The topological polar surface area (TPSA) is 51.2 Å². The number of carbonyl (C=O) groups excluding carboxylic acids is 1. The van der Waals surface area contributed by atoms with E-state index >= 15 is 0 Å². The number of rotatable bonds is 3. The van der Waals surface area contributed by atoms with Crippen molar-refractivity contribution in [1.82, 2.24) is 4.98 Å². The van der Waals surface area contributed by atoms with Gasteiger partial charge >= 0.3 is 0 Å². The summed E-state index contributed by atoms with van der Waals surface area (Å²) in [6, 6.07) is 0. The van der Waals surface area contributed by atoms with Crippen LogP contribution in [0.2, 0.25) is 0 Å². The minimum absolute atomic E-state index is 0.0328. The first-order valence-corrected chi connectivity index (χ1v) is 5.96. The van der Waals surface area contributed by atoms with Gasteiger partial charge in [0.2, 0.25) is 11.6 Å². The highest BCUT2D eigenvalue weighted by atomic mass is 32.1. The molecule has 4 nitrogen and oxygen atoms in total. The minimum Gasteiger partial charge on any atom is -0.491 e. The van der Waals surface area contributed by atoms with Crippen molar-refractivity contribution in [3.05, 3.63) is 40.4 Å². The molecule has 9 heteroatoms. The van der Waals surface area contributed by atoms with Crippen LogP contribution in [0.25, 0.3) is 0 Å². The van der Waals surface area contributed by atoms with Gasteiger partial charge in [-0.05, 0) is 0 Å². The Morgan fingerprint density at radius 3 is 2.25 bits per heavy atom. The third-order valence-electron chi connectivity index (χ3n) is 2.31. The summed E-state index contributed by atoms with van der Waals surface area (Å²) in [6.45, 7) is 0. The fourth-order valence-corrected chi connectivity index (χ4v) is 1.96. The van der Waals surface area contributed by atoms with Gasteiger partial charge in [-0.2, -0.15) is 8.78 Å². The first kappa shape index (κ1) is 14.3. The number of halogens is 4. The average Bonchev–Trinajstić information content (AvgIpc) is 2.90. The number of nitrogens with zero attached hydrogens (tertiary/aromatic N) is 1. The molecule has 1 heterocycles. The number of methoxy groups -OCH3 is 1. The Bertz CT molecular complexity index is 632. The first-order valence-electron chi connectivity index (χ1n) is 5.08. The third kappa shape index (κ3) is 2.31. The quantitative estimate of drug-likeness (QED) is 0.700. The molecule has 0 saturated heterocycles. The van der Waals surface area contributed by atoms with Crippen LogP contribution in [0.15, 0.2) is 11.6 Å². The van der Waals surface area contributed by atoms with Crippen molar-refractivity contribution in [1.29, 1.82) is 0 Å². The summed E-state index contributed by atoms with van der Waals surface area (Å²) in [5, 5.41) is 3.56. The zero-order valence-electron chi connectivity index (χ0n) is 9.84. The number of aromatic nitrogens is 1. The highest BCUT2D eigenvalue weighted by Gasteiger charge is 2.30. The molecule has 0 atom stereocenters. The van der Waals surface area contributed by atoms with Gasteiger partial charge in [-0.1, -0.05) is 0 Å². The molecule has 0 saturated carbocycles. The predicted octanol–water partition coefficient (Wildman–Crippen LogP) is 2.96. The molecule has 0 aliphatic heterocycles. The summed E-state index contributed by atoms with van der Waals surface area (Å²) < 4.78 is 58.4. The maximum Gasteiger partial charge on any atom is 0.263 e. The highest BCUT2D eigenvalue weighted by molar-refractivity contribution is 7.13. The zero-order chi connectivity index (χ0) is 14.9. The summed E-state index contributed by atoms with van der Waals surface area (Å²) in [4.78, 5) is 15.3. The van der Waals surface area contributed by atoms with Crippen molar-refractivity contribution >= 4 is 22.4 Å². The average molecular weight is 306 g/mol.